The standard InChI is InChI=1S/C22H32O4/c1-6-25-22-13-15(3)12-17(23)11-14(2)7-8-16-9-10-18(20(24)26-22)19(22)21(16,4)5/h12,16-17,23H,2,6-11,13H2,1,3-5H3. The van der Waals surface area contributed by atoms with E-state index >= 15 is 0 Å². The van der Waals surface area contributed by atoms with Gasteiger partial charge < -0.3 is 14.6 Å². The number of hydrogen-bond acceptors (Lipinski definition) is 4. The zero-order valence-electron chi connectivity index (χ0n) is 16.6. The van der Waals surface area contributed by atoms with Crippen LogP contribution in [0.1, 0.15) is 66.2 Å². The van der Waals surface area contributed by atoms with Crippen molar-refractivity contribution in [2.75, 3.05) is 6.61 Å². The molecule has 0 spiro atoms. The van der Waals surface area contributed by atoms with Crippen LogP contribution in [-0.2, 0) is 14.3 Å². The van der Waals surface area contributed by atoms with Gasteiger partial charge in [-0.3, -0.25) is 0 Å². The van der Waals surface area contributed by atoms with Gasteiger partial charge in [-0.2, -0.15) is 0 Å². The summed E-state index contributed by atoms with van der Waals surface area (Å²) in [6.45, 7) is 13.0. The molecule has 4 nitrogen and oxygen atoms in total. The fraction of sp³-hybridized carbons (Fsp3) is 0.682. The third-order valence-corrected chi connectivity index (χ3v) is 6.30. The van der Waals surface area contributed by atoms with E-state index in [0.717, 1.165) is 48.0 Å². The first-order valence-corrected chi connectivity index (χ1v) is 9.83. The SMILES string of the molecule is C=C1CCC2CCC3=C(C(OCC)(CC(C)=CC(O)C1)OC3=O)C2(C)C. The highest BCUT2D eigenvalue weighted by Gasteiger charge is 2.57. The van der Waals surface area contributed by atoms with Crippen molar-refractivity contribution >= 4 is 5.97 Å². The molecule has 144 valence electrons. The van der Waals surface area contributed by atoms with Gasteiger partial charge in [-0.25, -0.2) is 4.79 Å². The number of carbonyl (C=O) groups excluding carboxylic acids is 1. The van der Waals surface area contributed by atoms with E-state index in [2.05, 4.69) is 20.4 Å². The van der Waals surface area contributed by atoms with Gasteiger partial charge in [0.2, 0.25) is 5.79 Å². The van der Waals surface area contributed by atoms with Crippen LogP contribution in [0.2, 0.25) is 0 Å². The summed E-state index contributed by atoms with van der Waals surface area (Å²) in [5.41, 5.74) is 3.73. The number of hydrogen-bond donors (Lipinski definition) is 1. The Bertz CT molecular complexity index is 670. The molecular weight excluding hydrogens is 328 g/mol. The van der Waals surface area contributed by atoms with Crippen LogP contribution in [0, 0.1) is 11.3 Å². The molecule has 0 aromatic heterocycles. The second-order valence-electron chi connectivity index (χ2n) is 8.64. The number of fused-ring (bicyclic) bond motifs is 1. The molecule has 0 saturated carbocycles. The highest BCUT2D eigenvalue weighted by molar-refractivity contribution is 5.93. The number of rotatable bonds is 2. The first kappa shape index (κ1) is 19.4. The Hall–Kier alpha value is -1.39. The van der Waals surface area contributed by atoms with Gasteiger partial charge in [-0.1, -0.05) is 37.6 Å². The van der Waals surface area contributed by atoms with E-state index in [0.29, 0.717) is 25.4 Å². The Morgan fingerprint density at radius 2 is 2.04 bits per heavy atom. The Kier molecular flexibility index (Phi) is 5.19. The minimum Gasteiger partial charge on any atom is -0.425 e. The number of esters is 1. The maximum absolute atomic E-state index is 12.7. The van der Waals surface area contributed by atoms with Crippen LogP contribution in [-0.4, -0.2) is 29.6 Å². The molecule has 0 fully saturated rings. The summed E-state index contributed by atoms with van der Waals surface area (Å²) in [5.74, 6) is -0.819. The molecule has 1 aliphatic heterocycles. The number of carbonyl (C=O) groups is 1. The monoisotopic (exact) mass is 360 g/mol. The summed E-state index contributed by atoms with van der Waals surface area (Å²) in [6, 6.07) is 0. The van der Waals surface area contributed by atoms with Crippen LogP contribution in [0.25, 0.3) is 0 Å². The lowest BCUT2D eigenvalue weighted by Gasteiger charge is -2.45. The summed E-state index contributed by atoms with van der Waals surface area (Å²) in [7, 11) is 0. The minimum absolute atomic E-state index is 0.173. The largest absolute Gasteiger partial charge is 0.425 e. The lowest BCUT2D eigenvalue weighted by atomic mass is 9.61. The fourth-order valence-electron chi connectivity index (χ4n) is 5.19. The van der Waals surface area contributed by atoms with Crippen molar-refractivity contribution in [3.05, 3.63) is 34.9 Å². The lowest BCUT2D eigenvalue weighted by Crippen LogP contribution is -2.44. The molecule has 3 rings (SSSR count). The van der Waals surface area contributed by atoms with Crippen molar-refractivity contribution in [3.8, 4) is 0 Å². The lowest BCUT2D eigenvalue weighted by molar-refractivity contribution is -0.205. The molecule has 0 amide bonds. The zero-order valence-corrected chi connectivity index (χ0v) is 16.6. The topological polar surface area (TPSA) is 55.8 Å². The van der Waals surface area contributed by atoms with Crippen molar-refractivity contribution in [1.29, 1.82) is 0 Å². The van der Waals surface area contributed by atoms with Crippen molar-refractivity contribution in [1.82, 2.24) is 0 Å². The van der Waals surface area contributed by atoms with E-state index in [1.165, 1.54) is 0 Å². The normalized spacial score (nSPS) is 34.7. The summed E-state index contributed by atoms with van der Waals surface area (Å²) < 4.78 is 12.1. The molecule has 0 aromatic rings. The molecule has 0 saturated heterocycles. The fourth-order valence-corrected chi connectivity index (χ4v) is 5.19. The van der Waals surface area contributed by atoms with Gasteiger partial charge in [0.15, 0.2) is 0 Å². The summed E-state index contributed by atoms with van der Waals surface area (Å²) in [5, 5.41) is 10.4. The molecule has 3 unspecified atom stereocenters. The molecule has 2 bridgehead atoms. The number of aliphatic hydroxyl groups excluding tert-OH is 1. The predicted molar refractivity (Wildman–Crippen MR) is 101 cm³/mol. The average molecular weight is 360 g/mol. The Morgan fingerprint density at radius 3 is 2.73 bits per heavy atom. The highest BCUT2D eigenvalue weighted by Crippen LogP contribution is 2.56. The number of ether oxygens (including phenoxy) is 2. The van der Waals surface area contributed by atoms with Gasteiger partial charge in [0.25, 0.3) is 0 Å². The smallest absolute Gasteiger partial charge is 0.337 e. The van der Waals surface area contributed by atoms with Crippen molar-refractivity contribution in [2.45, 2.75) is 78.1 Å². The Morgan fingerprint density at radius 1 is 1.35 bits per heavy atom. The first-order valence-electron chi connectivity index (χ1n) is 9.83. The van der Waals surface area contributed by atoms with Crippen molar-refractivity contribution in [3.63, 3.8) is 0 Å². The zero-order chi connectivity index (χ0) is 19.1. The van der Waals surface area contributed by atoms with E-state index in [-0.39, 0.29) is 11.4 Å². The van der Waals surface area contributed by atoms with E-state index in [1.54, 1.807) is 0 Å². The van der Waals surface area contributed by atoms with Crippen LogP contribution in [0.3, 0.4) is 0 Å². The first-order chi connectivity index (χ1) is 12.2. The van der Waals surface area contributed by atoms with Crippen LogP contribution < -0.4 is 0 Å². The van der Waals surface area contributed by atoms with Crippen LogP contribution in [0.15, 0.2) is 34.9 Å². The molecule has 3 atom stereocenters. The summed E-state index contributed by atoms with van der Waals surface area (Å²) in [4.78, 5) is 12.7. The van der Waals surface area contributed by atoms with Gasteiger partial charge >= 0.3 is 5.97 Å². The molecule has 3 aliphatic rings. The molecule has 4 heteroatoms. The maximum atomic E-state index is 12.7. The van der Waals surface area contributed by atoms with Crippen LogP contribution in [0.4, 0.5) is 0 Å². The molecule has 0 radical (unpaired) electrons. The van der Waals surface area contributed by atoms with Gasteiger partial charge in [0.1, 0.15) is 0 Å². The van der Waals surface area contributed by atoms with Gasteiger partial charge in [0.05, 0.1) is 6.10 Å². The van der Waals surface area contributed by atoms with E-state index in [1.807, 2.05) is 19.9 Å². The maximum Gasteiger partial charge on any atom is 0.337 e. The summed E-state index contributed by atoms with van der Waals surface area (Å²) >= 11 is 0. The molecular formula is C22H32O4. The summed E-state index contributed by atoms with van der Waals surface area (Å²) in [6.07, 6.45) is 5.99. The van der Waals surface area contributed by atoms with Gasteiger partial charge in [-0.05, 0) is 57.3 Å². The molecule has 26 heavy (non-hydrogen) atoms. The van der Waals surface area contributed by atoms with E-state index in [4.69, 9.17) is 9.47 Å². The van der Waals surface area contributed by atoms with Crippen LogP contribution in [0.5, 0.6) is 0 Å². The highest BCUT2D eigenvalue weighted by atomic mass is 16.7. The van der Waals surface area contributed by atoms with Gasteiger partial charge in [0, 0.05) is 24.2 Å². The average Bonchev–Trinajstić information content (AvgIpc) is 2.78. The second-order valence-corrected chi connectivity index (χ2v) is 8.64. The second kappa shape index (κ2) is 6.97. The number of aliphatic hydroxyl groups is 1. The van der Waals surface area contributed by atoms with E-state index < -0.39 is 11.9 Å². The van der Waals surface area contributed by atoms with Crippen LogP contribution >= 0.6 is 0 Å². The van der Waals surface area contributed by atoms with E-state index in [9.17, 15) is 9.90 Å². The molecule has 1 N–H and O–H groups in total. The Balaban J connectivity index is 2.13. The third kappa shape index (κ3) is 3.29. The van der Waals surface area contributed by atoms with Gasteiger partial charge in [-0.15, -0.1) is 0 Å². The van der Waals surface area contributed by atoms with Crippen molar-refractivity contribution < 1.29 is 19.4 Å². The minimum atomic E-state index is -1.03. The third-order valence-electron chi connectivity index (χ3n) is 6.30. The quantitative estimate of drug-likeness (QED) is 0.584. The predicted octanol–water partition coefficient (Wildman–Crippen LogP) is 4.45. The Labute approximate surface area is 156 Å². The van der Waals surface area contributed by atoms with Crippen molar-refractivity contribution in [2.24, 2.45) is 11.3 Å². The molecule has 2 aliphatic carbocycles. The molecule has 1 heterocycles. The molecule has 0 aromatic carbocycles.